The molecule has 20 heavy (non-hydrogen) atoms. The number of aryl methyl sites for hydroxylation is 2. The number of benzene rings is 1. The summed E-state index contributed by atoms with van der Waals surface area (Å²) < 4.78 is 0. The quantitative estimate of drug-likeness (QED) is 0.619. The second-order valence-electron chi connectivity index (χ2n) is 4.74. The summed E-state index contributed by atoms with van der Waals surface area (Å²) >= 11 is 0. The molecule has 1 aromatic carbocycles. The molecule has 0 saturated carbocycles. The summed E-state index contributed by atoms with van der Waals surface area (Å²) in [6, 6.07) is 4.89. The fraction of sp³-hybridized carbons (Fsp3) is 0.429. The van der Waals surface area contributed by atoms with E-state index in [-0.39, 0.29) is 12.6 Å². The van der Waals surface area contributed by atoms with Crippen LogP contribution in [0.3, 0.4) is 0 Å². The molecule has 0 saturated heterocycles. The van der Waals surface area contributed by atoms with Crippen molar-refractivity contribution in [2.75, 3.05) is 13.6 Å². The maximum absolute atomic E-state index is 11.6. The predicted molar refractivity (Wildman–Crippen MR) is 76.6 cm³/mol. The van der Waals surface area contributed by atoms with Crippen molar-refractivity contribution in [3.05, 3.63) is 34.9 Å². The van der Waals surface area contributed by atoms with Crippen molar-refractivity contribution in [3.63, 3.8) is 0 Å². The normalized spacial score (nSPS) is 11.8. The first-order chi connectivity index (χ1) is 9.42. The SMILES string of the molecule is CNC(CNC(=O)NCc1cc(C)cc(C)c1)C(=O)O. The van der Waals surface area contributed by atoms with Crippen LogP contribution in [0.25, 0.3) is 0 Å². The van der Waals surface area contributed by atoms with Gasteiger partial charge in [-0.2, -0.15) is 0 Å². The van der Waals surface area contributed by atoms with Crippen LogP contribution in [0.1, 0.15) is 16.7 Å². The van der Waals surface area contributed by atoms with Gasteiger partial charge in [-0.15, -0.1) is 0 Å². The number of urea groups is 1. The van der Waals surface area contributed by atoms with Crippen molar-refractivity contribution in [3.8, 4) is 0 Å². The van der Waals surface area contributed by atoms with Crippen LogP contribution < -0.4 is 16.0 Å². The van der Waals surface area contributed by atoms with Gasteiger partial charge < -0.3 is 21.1 Å². The minimum atomic E-state index is -0.998. The second-order valence-corrected chi connectivity index (χ2v) is 4.74. The molecular weight excluding hydrogens is 258 g/mol. The van der Waals surface area contributed by atoms with E-state index in [1.165, 1.54) is 7.05 Å². The molecule has 0 bridgehead atoms. The second kappa shape index (κ2) is 7.49. The third-order valence-corrected chi connectivity index (χ3v) is 2.85. The minimum Gasteiger partial charge on any atom is -0.480 e. The van der Waals surface area contributed by atoms with Gasteiger partial charge in [-0.1, -0.05) is 29.3 Å². The topological polar surface area (TPSA) is 90.5 Å². The summed E-state index contributed by atoms with van der Waals surface area (Å²) in [7, 11) is 1.54. The lowest BCUT2D eigenvalue weighted by molar-refractivity contribution is -0.139. The summed E-state index contributed by atoms with van der Waals surface area (Å²) in [5, 5.41) is 16.6. The first kappa shape index (κ1) is 16.0. The summed E-state index contributed by atoms with van der Waals surface area (Å²) in [5.74, 6) is -0.998. The van der Waals surface area contributed by atoms with Gasteiger partial charge in [-0.3, -0.25) is 4.79 Å². The number of nitrogens with one attached hydrogen (secondary N) is 3. The molecule has 4 N–H and O–H groups in total. The molecule has 110 valence electrons. The number of carbonyl (C=O) groups is 2. The van der Waals surface area contributed by atoms with Gasteiger partial charge in [0.25, 0.3) is 0 Å². The van der Waals surface area contributed by atoms with E-state index in [2.05, 4.69) is 22.0 Å². The van der Waals surface area contributed by atoms with Crippen LogP contribution in [0.4, 0.5) is 4.79 Å². The Hall–Kier alpha value is -2.08. The molecule has 0 aliphatic rings. The summed E-state index contributed by atoms with van der Waals surface area (Å²) in [6.07, 6.45) is 0. The maximum Gasteiger partial charge on any atom is 0.322 e. The molecule has 1 rings (SSSR count). The van der Waals surface area contributed by atoms with Crippen LogP contribution in [0, 0.1) is 13.8 Å². The van der Waals surface area contributed by atoms with Gasteiger partial charge in [0.15, 0.2) is 0 Å². The van der Waals surface area contributed by atoms with Crippen LogP contribution >= 0.6 is 0 Å². The van der Waals surface area contributed by atoms with Gasteiger partial charge >= 0.3 is 12.0 Å². The zero-order chi connectivity index (χ0) is 15.1. The molecule has 0 fully saturated rings. The smallest absolute Gasteiger partial charge is 0.322 e. The molecule has 1 atom stereocenters. The third-order valence-electron chi connectivity index (χ3n) is 2.85. The molecule has 0 spiro atoms. The molecule has 1 aromatic rings. The van der Waals surface area contributed by atoms with Gasteiger partial charge in [-0.05, 0) is 26.5 Å². The molecule has 1 unspecified atom stereocenters. The highest BCUT2D eigenvalue weighted by Gasteiger charge is 2.15. The van der Waals surface area contributed by atoms with Crippen LogP contribution in [0.15, 0.2) is 18.2 Å². The molecule has 6 heteroatoms. The number of amides is 2. The number of carboxylic acids is 1. The fourth-order valence-corrected chi connectivity index (χ4v) is 1.92. The number of aliphatic carboxylic acids is 1. The van der Waals surface area contributed by atoms with E-state index in [1.807, 2.05) is 26.0 Å². The number of carbonyl (C=O) groups excluding carboxylic acids is 1. The van der Waals surface area contributed by atoms with Crippen LogP contribution in [0.2, 0.25) is 0 Å². The molecule has 6 nitrogen and oxygen atoms in total. The molecule has 0 heterocycles. The van der Waals surface area contributed by atoms with Gasteiger partial charge in [0.2, 0.25) is 0 Å². The number of hydrogen-bond acceptors (Lipinski definition) is 3. The standard InChI is InChI=1S/C14H21N3O3/c1-9-4-10(2)6-11(5-9)7-16-14(20)17-8-12(15-3)13(18)19/h4-6,12,15H,7-8H2,1-3H3,(H,18,19)(H2,16,17,20). The monoisotopic (exact) mass is 279 g/mol. The number of carboxylic acid groups (broad SMARTS) is 1. The number of hydrogen-bond donors (Lipinski definition) is 4. The van der Waals surface area contributed by atoms with E-state index in [0.717, 1.165) is 16.7 Å². The first-order valence-corrected chi connectivity index (χ1v) is 6.41. The van der Waals surface area contributed by atoms with Crippen molar-refractivity contribution in [1.29, 1.82) is 0 Å². The summed E-state index contributed by atoms with van der Waals surface area (Å²) in [5.41, 5.74) is 3.30. The number of rotatable bonds is 6. The van der Waals surface area contributed by atoms with Gasteiger partial charge in [-0.25, -0.2) is 4.79 Å². The van der Waals surface area contributed by atoms with E-state index in [9.17, 15) is 9.59 Å². The van der Waals surface area contributed by atoms with Crippen LogP contribution in [0.5, 0.6) is 0 Å². The molecule has 2 amide bonds. The lowest BCUT2D eigenvalue weighted by Crippen LogP contribution is -2.47. The Balaban J connectivity index is 2.41. The predicted octanol–water partition coefficient (Wildman–Crippen LogP) is 0.775. The third kappa shape index (κ3) is 5.27. The molecule has 0 radical (unpaired) electrons. The highest BCUT2D eigenvalue weighted by Crippen LogP contribution is 2.08. The summed E-state index contributed by atoms with van der Waals surface area (Å²) in [6.45, 7) is 4.44. The maximum atomic E-state index is 11.6. The Kier molecular flexibility index (Phi) is 5.99. The Bertz CT molecular complexity index is 468. The minimum absolute atomic E-state index is 0.0323. The highest BCUT2D eigenvalue weighted by atomic mass is 16.4. The lowest BCUT2D eigenvalue weighted by Gasteiger charge is -2.13. The number of likely N-dealkylation sites (N-methyl/N-ethyl adjacent to an activating group) is 1. The van der Waals surface area contributed by atoms with Crippen molar-refractivity contribution in [2.24, 2.45) is 0 Å². The van der Waals surface area contributed by atoms with Gasteiger partial charge in [0.1, 0.15) is 6.04 Å². The molecular formula is C14H21N3O3. The van der Waals surface area contributed by atoms with Crippen molar-refractivity contribution in [1.82, 2.24) is 16.0 Å². The Morgan fingerprint density at radius 3 is 2.25 bits per heavy atom. The molecule has 0 aliphatic heterocycles. The lowest BCUT2D eigenvalue weighted by atomic mass is 10.1. The average Bonchev–Trinajstić information content (AvgIpc) is 2.35. The average molecular weight is 279 g/mol. The Labute approximate surface area is 118 Å². The largest absolute Gasteiger partial charge is 0.480 e. The zero-order valence-electron chi connectivity index (χ0n) is 12.0. The van der Waals surface area contributed by atoms with E-state index in [1.54, 1.807) is 0 Å². The van der Waals surface area contributed by atoms with E-state index in [4.69, 9.17) is 5.11 Å². The van der Waals surface area contributed by atoms with Gasteiger partial charge in [0, 0.05) is 13.1 Å². The van der Waals surface area contributed by atoms with E-state index in [0.29, 0.717) is 6.54 Å². The molecule has 0 aromatic heterocycles. The van der Waals surface area contributed by atoms with Crippen molar-refractivity contribution >= 4 is 12.0 Å². The zero-order valence-corrected chi connectivity index (χ0v) is 12.0. The van der Waals surface area contributed by atoms with Crippen molar-refractivity contribution in [2.45, 2.75) is 26.4 Å². The Morgan fingerprint density at radius 2 is 1.75 bits per heavy atom. The van der Waals surface area contributed by atoms with Crippen molar-refractivity contribution < 1.29 is 14.7 Å². The highest BCUT2D eigenvalue weighted by molar-refractivity contribution is 5.77. The summed E-state index contributed by atoms with van der Waals surface area (Å²) in [4.78, 5) is 22.3. The molecule has 0 aliphatic carbocycles. The fourth-order valence-electron chi connectivity index (χ4n) is 1.92. The van der Waals surface area contributed by atoms with Crippen LogP contribution in [-0.4, -0.2) is 36.7 Å². The van der Waals surface area contributed by atoms with E-state index >= 15 is 0 Å². The first-order valence-electron chi connectivity index (χ1n) is 6.41. The van der Waals surface area contributed by atoms with E-state index < -0.39 is 12.0 Å². The van der Waals surface area contributed by atoms with Gasteiger partial charge in [0.05, 0.1) is 0 Å². The van der Waals surface area contributed by atoms with Crippen LogP contribution in [-0.2, 0) is 11.3 Å². The Morgan fingerprint density at radius 1 is 1.15 bits per heavy atom.